The molecule has 1 N–H and O–H groups in total. The van der Waals surface area contributed by atoms with E-state index in [0.29, 0.717) is 0 Å². The summed E-state index contributed by atoms with van der Waals surface area (Å²) in [4.78, 5) is 15.6. The van der Waals surface area contributed by atoms with Gasteiger partial charge in [-0.1, -0.05) is 32.0 Å². The SMILES string of the molecule is CCCN(CCC)c1cc(Nc2cccc3cccnc23)ncn1. The van der Waals surface area contributed by atoms with Crippen molar-refractivity contribution in [3.8, 4) is 0 Å². The van der Waals surface area contributed by atoms with Crippen molar-refractivity contribution in [1.29, 1.82) is 0 Å². The lowest BCUT2D eigenvalue weighted by atomic mass is 10.2. The number of benzene rings is 1. The number of hydrogen-bond acceptors (Lipinski definition) is 5. The van der Waals surface area contributed by atoms with Gasteiger partial charge in [-0.2, -0.15) is 0 Å². The lowest BCUT2D eigenvalue weighted by molar-refractivity contribution is 0.733. The number of anilines is 3. The Hall–Kier alpha value is -2.69. The number of nitrogens with one attached hydrogen (secondary N) is 1. The summed E-state index contributed by atoms with van der Waals surface area (Å²) in [7, 11) is 0. The molecule has 0 aliphatic carbocycles. The molecule has 124 valence electrons. The molecule has 3 aromatic rings. The van der Waals surface area contributed by atoms with Crippen LogP contribution < -0.4 is 10.2 Å². The van der Waals surface area contributed by atoms with Gasteiger partial charge >= 0.3 is 0 Å². The van der Waals surface area contributed by atoms with E-state index in [1.54, 1.807) is 6.33 Å². The van der Waals surface area contributed by atoms with Gasteiger partial charge in [-0.3, -0.25) is 4.98 Å². The zero-order valence-corrected chi connectivity index (χ0v) is 14.2. The molecule has 0 amide bonds. The van der Waals surface area contributed by atoms with Crippen molar-refractivity contribution < 1.29 is 0 Å². The van der Waals surface area contributed by atoms with E-state index < -0.39 is 0 Å². The highest BCUT2D eigenvalue weighted by Crippen LogP contribution is 2.25. The Labute approximate surface area is 142 Å². The first-order chi connectivity index (χ1) is 11.8. The topological polar surface area (TPSA) is 53.9 Å². The van der Waals surface area contributed by atoms with Crippen molar-refractivity contribution in [2.24, 2.45) is 0 Å². The minimum absolute atomic E-state index is 0.787. The maximum atomic E-state index is 4.48. The molecule has 0 atom stereocenters. The van der Waals surface area contributed by atoms with Crippen molar-refractivity contribution in [2.75, 3.05) is 23.3 Å². The molecule has 2 heterocycles. The Balaban J connectivity index is 1.88. The summed E-state index contributed by atoms with van der Waals surface area (Å²) in [5, 5.41) is 4.49. The highest BCUT2D eigenvalue weighted by Gasteiger charge is 2.09. The minimum atomic E-state index is 0.787. The summed E-state index contributed by atoms with van der Waals surface area (Å²) in [5.41, 5.74) is 1.90. The maximum absolute atomic E-state index is 4.48. The van der Waals surface area contributed by atoms with Crippen LogP contribution in [0.3, 0.4) is 0 Å². The monoisotopic (exact) mass is 321 g/mol. The molecule has 0 saturated carbocycles. The predicted octanol–water partition coefficient (Wildman–Crippen LogP) is 4.39. The second-order valence-corrected chi connectivity index (χ2v) is 5.75. The molecular weight excluding hydrogens is 298 g/mol. The zero-order valence-electron chi connectivity index (χ0n) is 14.2. The fourth-order valence-corrected chi connectivity index (χ4v) is 2.81. The molecule has 0 unspecified atom stereocenters. The summed E-state index contributed by atoms with van der Waals surface area (Å²) in [5.74, 6) is 1.75. The average molecular weight is 321 g/mol. The maximum Gasteiger partial charge on any atom is 0.135 e. The molecular formula is C19H23N5. The van der Waals surface area contributed by atoms with E-state index in [2.05, 4.69) is 51.1 Å². The summed E-state index contributed by atoms with van der Waals surface area (Å²) in [6.45, 7) is 6.37. The van der Waals surface area contributed by atoms with Crippen molar-refractivity contribution in [3.63, 3.8) is 0 Å². The van der Waals surface area contributed by atoms with Gasteiger partial charge in [0.25, 0.3) is 0 Å². The van der Waals surface area contributed by atoms with Gasteiger partial charge in [0, 0.05) is 30.7 Å². The molecule has 0 aliphatic heterocycles. The van der Waals surface area contributed by atoms with Crippen LogP contribution in [-0.2, 0) is 0 Å². The average Bonchev–Trinajstić information content (AvgIpc) is 2.62. The molecule has 0 aliphatic rings. The third-order valence-corrected chi connectivity index (χ3v) is 3.86. The van der Waals surface area contributed by atoms with Crippen LogP contribution in [0, 0.1) is 0 Å². The Morgan fingerprint density at radius 3 is 2.54 bits per heavy atom. The van der Waals surface area contributed by atoms with Crippen LogP contribution in [0.5, 0.6) is 0 Å². The van der Waals surface area contributed by atoms with Gasteiger partial charge in [0.15, 0.2) is 0 Å². The molecule has 0 fully saturated rings. The van der Waals surface area contributed by atoms with Crippen molar-refractivity contribution >= 4 is 28.2 Å². The molecule has 2 aromatic heterocycles. The van der Waals surface area contributed by atoms with Crippen molar-refractivity contribution in [2.45, 2.75) is 26.7 Å². The fourth-order valence-electron chi connectivity index (χ4n) is 2.81. The molecule has 1 aromatic carbocycles. The smallest absolute Gasteiger partial charge is 0.135 e. The Morgan fingerprint density at radius 1 is 0.958 bits per heavy atom. The van der Waals surface area contributed by atoms with Crippen molar-refractivity contribution in [3.05, 3.63) is 48.9 Å². The summed E-state index contributed by atoms with van der Waals surface area (Å²) < 4.78 is 0. The van der Waals surface area contributed by atoms with Gasteiger partial charge in [-0.05, 0) is 25.0 Å². The lowest BCUT2D eigenvalue weighted by Gasteiger charge is -2.22. The second-order valence-electron chi connectivity index (χ2n) is 5.75. The Morgan fingerprint density at radius 2 is 1.75 bits per heavy atom. The number of nitrogens with zero attached hydrogens (tertiary/aromatic N) is 4. The van der Waals surface area contributed by atoms with Crippen LogP contribution >= 0.6 is 0 Å². The first-order valence-electron chi connectivity index (χ1n) is 8.49. The van der Waals surface area contributed by atoms with Crippen LogP contribution in [0.25, 0.3) is 10.9 Å². The van der Waals surface area contributed by atoms with Crippen LogP contribution in [0.1, 0.15) is 26.7 Å². The molecule has 5 heteroatoms. The summed E-state index contributed by atoms with van der Waals surface area (Å²) >= 11 is 0. The van der Waals surface area contributed by atoms with Gasteiger partial charge in [-0.15, -0.1) is 0 Å². The van der Waals surface area contributed by atoms with E-state index in [0.717, 1.165) is 54.2 Å². The van der Waals surface area contributed by atoms with Gasteiger partial charge in [0.1, 0.15) is 18.0 Å². The van der Waals surface area contributed by atoms with Gasteiger partial charge < -0.3 is 10.2 Å². The highest BCUT2D eigenvalue weighted by atomic mass is 15.2. The molecule has 0 saturated heterocycles. The quantitative estimate of drug-likeness (QED) is 0.699. The standard InChI is InChI=1S/C19H23N5/c1-3-11-24(12-4-2)18-13-17(21-14-22-18)23-16-9-5-7-15-8-6-10-20-19(15)16/h5-10,13-14H,3-4,11-12H2,1-2H3,(H,21,22,23). The Kier molecular flexibility index (Phi) is 5.21. The fraction of sp³-hybridized carbons (Fsp3) is 0.316. The minimum Gasteiger partial charge on any atom is -0.356 e. The van der Waals surface area contributed by atoms with E-state index in [-0.39, 0.29) is 0 Å². The molecule has 24 heavy (non-hydrogen) atoms. The van der Waals surface area contributed by atoms with E-state index in [1.807, 2.05) is 30.5 Å². The molecule has 3 rings (SSSR count). The van der Waals surface area contributed by atoms with Gasteiger partial charge in [0.05, 0.1) is 11.2 Å². The number of fused-ring (bicyclic) bond motifs is 1. The first kappa shape index (κ1) is 16.2. The van der Waals surface area contributed by atoms with E-state index in [1.165, 1.54) is 0 Å². The number of hydrogen-bond donors (Lipinski definition) is 1. The van der Waals surface area contributed by atoms with Crippen molar-refractivity contribution in [1.82, 2.24) is 15.0 Å². The summed E-state index contributed by atoms with van der Waals surface area (Å²) in [6.07, 6.45) is 5.62. The van der Waals surface area contributed by atoms with Crippen LogP contribution in [-0.4, -0.2) is 28.0 Å². The highest BCUT2D eigenvalue weighted by molar-refractivity contribution is 5.91. The van der Waals surface area contributed by atoms with Crippen LogP contribution in [0.2, 0.25) is 0 Å². The number of aromatic nitrogens is 3. The number of rotatable bonds is 7. The molecule has 0 bridgehead atoms. The third kappa shape index (κ3) is 3.62. The third-order valence-electron chi connectivity index (χ3n) is 3.86. The van der Waals surface area contributed by atoms with E-state index in [9.17, 15) is 0 Å². The lowest BCUT2D eigenvalue weighted by Crippen LogP contribution is -2.25. The normalized spacial score (nSPS) is 10.8. The number of pyridine rings is 1. The summed E-state index contributed by atoms with van der Waals surface area (Å²) in [6, 6.07) is 12.1. The van der Waals surface area contributed by atoms with Crippen LogP contribution in [0.15, 0.2) is 48.9 Å². The van der Waals surface area contributed by atoms with E-state index in [4.69, 9.17) is 0 Å². The van der Waals surface area contributed by atoms with E-state index >= 15 is 0 Å². The van der Waals surface area contributed by atoms with Gasteiger partial charge in [0.2, 0.25) is 0 Å². The Bertz CT molecular complexity index is 791. The number of para-hydroxylation sites is 1. The first-order valence-corrected chi connectivity index (χ1v) is 8.49. The van der Waals surface area contributed by atoms with Gasteiger partial charge in [-0.25, -0.2) is 9.97 Å². The molecule has 5 nitrogen and oxygen atoms in total. The van der Waals surface area contributed by atoms with Crippen LogP contribution in [0.4, 0.5) is 17.3 Å². The largest absolute Gasteiger partial charge is 0.356 e. The second kappa shape index (κ2) is 7.73. The molecule has 0 radical (unpaired) electrons. The predicted molar refractivity (Wildman–Crippen MR) is 99.9 cm³/mol. The zero-order chi connectivity index (χ0) is 16.8. The molecule has 0 spiro atoms.